The highest BCUT2D eigenvalue weighted by atomic mass is 35.5. The van der Waals surface area contributed by atoms with Crippen molar-refractivity contribution < 1.29 is 0 Å². The first-order valence-corrected chi connectivity index (χ1v) is 5.15. The Bertz CT molecular complexity index is 459. The number of nitrogens with one attached hydrogen (secondary N) is 1. The minimum absolute atomic E-state index is 0.432. The lowest BCUT2D eigenvalue weighted by atomic mass is 10.1. The lowest BCUT2D eigenvalue weighted by molar-refractivity contribution is 0.948. The van der Waals surface area contributed by atoms with Crippen LogP contribution in [0.5, 0.6) is 0 Å². The zero-order valence-corrected chi connectivity index (χ0v) is 9.31. The molecule has 2 aromatic rings. The van der Waals surface area contributed by atoms with Gasteiger partial charge in [-0.1, -0.05) is 23.2 Å². The van der Waals surface area contributed by atoms with E-state index in [1.807, 2.05) is 18.2 Å². The van der Waals surface area contributed by atoms with Gasteiger partial charge in [-0.3, -0.25) is 5.10 Å². The highest BCUT2D eigenvalue weighted by Gasteiger charge is 2.05. The molecule has 0 unspecified atom stereocenters. The quantitative estimate of drug-likeness (QED) is 0.850. The monoisotopic (exact) mass is 241 g/mol. The largest absolute Gasteiger partial charge is 0.325 e. The molecule has 3 nitrogen and oxygen atoms in total. The number of aromatic amines is 1. The molecule has 0 atom stereocenters. The fraction of sp³-hybridized carbons (Fsp3) is 0.100. The number of hydrogen-bond donors (Lipinski definition) is 2. The molecule has 15 heavy (non-hydrogen) atoms. The Balaban J connectivity index is 2.44. The molecule has 0 aliphatic carbocycles. The van der Waals surface area contributed by atoms with Crippen molar-refractivity contribution in [3.63, 3.8) is 0 Å². The Morgan fingerprint density at radius 2 is 1.80 bits per heavy atom. The Morgan fingerprint density at radius 1 is 1.13 bits per heavy atom. The molecule has 2 rings (SSSR count). The second-order valence-corrected chi connectivity index (χ2v) is 4.01. The maximum absolute atomic E-state index is 5.89. The number of nitrogens with two attached hydrogens (primary N) is 1. The predicted octanol–water partition coefficient (Wildman–Crippen LogP) is 2.84. The molecule has 1 heterocycles. The summed E-state index contributed by atoms with van der Waals surface area (Å²) in [6.45, 7) is 0.432. The van der Waals surface area contributed by atoms with Crippen molar-refractivity contribution in [2.45, 2.75) is 6.54 Å². The number of halogens is 2. The molecule has 0 radical (unpaired) electrons. The topological polar surface area (TPSA) is 54.7 Å². The summed E-state index contributed by atoms with van der Waals surface area (Å²) in [5.41, 5.74) is 8.02. The van der Waals surface area contributed by atoms with Gasteiger partial charge in [0, 0.05) is 27.8 Å². The summed E-state index contributed by atoms with van der Waals surface area (Å²) in [6.07, 6.45) is 0. The summed E-state index contributed by atoms with van der Waals surface area (Å²) in [4.78, 5) is 0. The van der Waals surface area contributed by atoms with Gasteiger partial charge in [-0.2, -0.15) is 5.10 Å². The summed E-state index contributed by atoms with van der Waals surface area (Å²) >= 11 is 11.8. The van der Waals surface area contributed by atoms with Crippen LogP contribution in [0.2, 0.25) is 10.0 Å². The molecule has 0 saturated heterocycles. The van der Waals surface area contributed by atoms with Gasteiger partial charge < -0.3 is 5.73 Å². The SMILES string of the molecule is NCc1cc(-c2cc(Cl)cc(Cl)c2)n[nH]1. The normalized spacial score (nSPS) is 10.6. The van der Waals surface area contributed by atoms with Gasteiger partial charge in [-0.05, 0) is 24.3 Å². The molecule has 0 amide bonds. The van der Waals surface area contributed by atoms with Gasteiger partial charge in [0.25, 0.3) is 0 Å². The van der Waals surface area contributed by atoms with Gasteiger partial charge >= 0.3 is 0 Å². The second kappa shape index (κ2) is 4.23. The van der Waals surface area contributed by atoms with Gasteiger partial charge in [-0.15, -0.1) is 0 Å². The van der Waals surface area contributed by atoms with E-state index in [1.165, 1.54) is 0 Å². The van der Waals surface area contributed by atoms with E-state index in [-0.39, 0.29) is 0 Å². The summed E-state index contributed by atoms with van der Waals surface area (Å²) in [5, 5.41) is 8.13. The highest BCUT2D eigenvalue weighted by Crippen LogP contribution is 2.26. The number of hydrogen-bond acceptors (Lipinski definition) is 2. The Morgan fingerprint density at radius 3 is 2.33 bits per heavy atom. The van der Waals surface area contributed by atoms with Gasteiger partial charge in [0.05, 0.1) is 5.69 Å². The third-order valence-corrected chi connectivity index (χ3v) is 2.45. The van der Waals surface area contributed by atoms with E-state index in [4.69, 9.17) is 28.9 Å². The molecule has 0 fully saturated rings. The number of nitrogens with zero attached hydrogens (tertiary/aromatic N) is 1. The fourth-order valence-corrected chi connectivity index (χ4v) is 1.84. The molecular formula is C10H9Cl2N3. The molecule has 0 bridgehead atoms. The second-order valence-electron chi connectivity index (χ2n) is 3.14. The summed E-state index contributed by atoms with van der Waals surface area (Å²) < 4.78 is 0. The first-order valence-electron chi connectivity index (χ1n) is 4.40. The third kappa shape index (κ3) is 2.31. The maximum Gasteiger partial charge on any atom is 0.0925 e. The van der Waals surface area contributed by atoms with Crippen LogP contribution < -0.4 is 5.73 Å². The highest BCUT2D eigenvalue weighted by molar-refractivity contribution is 6.35. The standard InChI is InChI=1S/C10H9Cl2N3/c11-7-1-6(2-8(12)3-7)10-4-9(5-13)14-15-10/h1-4H,5,13H2,(H,14,15). The number of rotatable bonds is 2. The predicted molar refractivity (Wildman–Crippen MR) is 61.9 cm³/mol. The van der Waals surface area contributed by atoms with Crippen LogP contribution in [-0.4, -0.2) is 10.2 Å². The lowest BCUT2D eigenvalue weighted by Crippen LogP contribution is -1.95. The Hall–Kier alpha value is -1.03. The molecule has 0 aliphatic heterocycles. The van der Waals surface area contributed by atoms with Crippen LogP contribution in [0, 0.1) is 0 Å². The summed E-state index contributed by atoms with van der Waals surface area (Å²) in [5.74, 6) is 0. The zero-order chi connectivity index (χ0) is 10.8. The lowest BCUT2D eigenvalue weighted by Gasteiger charge is -1.98. The fourth-order valence-electron chi connectivity index (χ4n) is 1.32. The average molecular weight is 242 g/mol. The van der Waals surface area contributed by atoms with Gasteiger partial charge in [0.2, 0.25) is 0 Å². The van der Waals surface area contributed by atoms with Crippen molar-refractivity contribution in [3.05, 3.63) is 40.0 Å². The number of benzene rings is 1. The van der Waals surface area contributed by atoms with Gasteiger partial charge in [0.15, 0.2) is 0 Å². The molecule has 1 aromatic carbocycles. The zero-order valence-electron chi connectivity index (χ0n) is 7.80. The van der Waals surface area contributed by atoms with E-state index in [2.05, 4.69) is 10.2 Å². The van der Waals surface area contributed by atoms with Crippen LogP contribution in [0.3, 0.4) is 0 Å². The van der Waals surface area contributed by atoms with E-state index in [0.29, 0.717) is 16.6 Å². The molecule has 0 aliphatic rings. The average Bonchev–Trinajstić information content (AvgIpc) is 2.64. The summed E-state index contributed by atoms with van der Waals surface area (Å²) in [6, 6.07) is 7.18. The molecule has 78 valence electrons. The van der Waals surface area contributed by atoms with Crippen molar-refractivity contribution >= 4 is 23.2 Å². The van der Waals surface area contributed by atoms with Crippen LogP contribution in [0.15, 0.2) is 24.3 Å². The van der Waals surface area contributed by atoms with Crippen LogP contribution in [0.1, 0.15) is 5.69 Å². The van der Waals surface area contributed by atoms with Crippen molar-refractivity contribution in [1.29, 1.82) is 0 Å². The third-order valence-electron chi connectivity index (χ3n) is 2.01. The Labute approximate surface area is 97.2 Å². The molecular weight excluding hydrogens is 233 g/mol. The smallest absolute Gasteiger partial charge is 0.0925 e. The van der Waals surface area contributed by atoms with Gasteiger partial charge in [0.1, 0.15) is 0 Å². The van der Waals surface area contributed by atoms with E-state index in [9.17, 15) is 0 Å². The first-order chi connectivity index (χ1) is 7.19. The van der Waals surface area contributed by atoms with Crippen LogP contribution >= 0.6 is 23.2 Å². The van der Waals surface area contributed by atoms with Crippen molar-refractivity contribution in [2.75, 3.05) is 0 Å². The Kier molecular flexibility index (Phi) is 2.95. The van der Waals surface area contributed by atoms with Crippen molar-refractivity contribution in [1.82, 2.24) is 10.2 Å². The minimum atomic E-state index is 0.432. The van der Waals surface area contributed by atoms with Crippen molar-refractivity contribution in [3.8, 4) is 11.3 Å². The maximum atomic E-state index is 5.89. The van der Waals surface area contributed by atoms with E-state index >= 15 is 0 Å². The number of aromatic nitrogens is 2. The molecule has 3 N–H and O–H groups in total. The van der Waals surface area contributed by atoms with Crippen LogP contribution in [-0.2, 0) is 6.54 Å². The van der Waals surface area contributed by atoms with Crippen LogP contribution in [0.4, 0.5) is 0 Å². The molecule has 1 aromatic heterocycles. The molecule has 5 heteroatoms. The van der Waals surface area contributed by atoms with E-state index < -0.39 is 0 Å². The van der Waals surface area contributed by atoms with E-state index in [0.717, 1.165) is 17.0 Å². The molecule has 0 spiro atoms. The summed E-state index contributed by atoms with van der Waals surface area (Å²) in [7, 11) is 0. The molecule has 0 saturated carbocycles. The van der Waals surface area contributed by atoms with Gasteiger partial charge in [-0.25, -0.2) is 0 Å². The van der Waals surface area contributed by atoms with E-state index in [1.54, 1.807) is 6.07 Å². The van der Waals surface area contributed by atoms with Crippen molar-refractivity contribution in [2.24, 2.45) is 5.73 Å². The first kappa shape index (κ1) is 10.5. The van der Waals surface area contributed by atoms with Crippen LogP contribution in [0.25, 0.3) is 11.3 Å². The number of H-pyrrole nitrogens is 1. The minimum Gasteiger partial charge on any atom is -0.325 e.